The summed E-state index contributed by atoms with van der Waals surface area (Å²) in [7, 11) is -4.03. The topological polar surface area (TPSA) is 104 Å². The van der Waals surface area contributed by atoms with Gasteiger partial charge in [0, 0.05) is 37.2 Å². The fourth-order valence-corrected chi connectivity index (χ4v) is 3.43. The first-order valence-corrected chi connectivity index (χ1v) is 8.21. The number of carbonyl (C=O) groups is 1. The lowest BCUT2D eigenvalue weighted by molar-refractivity contribution is 0.0692. The quantitative estimate of drug-likeness (QED) is 0.899. The molecule has 122 valence electrons. The molecule has 0 saturated heterocycles. The summed E-state index contributed by atoms with van der Waals surface area (Å²) in [5, 5.41) is 9.18. The molecule has 0 spiro atoms. The van der Waals surface area contributed by atoms with Crippen molar-refractivity contribution in [2.75, 3.05) is 4.90 Å². The Hall–Kier alpha value is -3.20. The van der Waals surface area contributed by atoms with Gasteiger partial charge in [-0.1, -0.05) is 12.1 Å². The van der Waals surface area contributed by atoms with Crippen LogP contribution in [0.5, 0.6) is 0 Å². The number of nitrogens with zero attached hydrogens (tertiary/aromatic N) is 4. The molecule has 0 saturated carbocycles. The number of hydrogen-bond donors (Lipinski definition) is 1. The van der Waals surface area contributed by atoms with Crippen molar-refractivity contribution in [3.05, 3.63) is 73.2 Å². The van der Waals surface area contributed by atoms with Gasteiger partial charge in [0.15, 0.2) is 5.82 Å². The standard InChI is InChI=1S/C15H12N4O4S/c20-15(21)12-3-1-2-4-13(12)24(22,23)19-9-7-18(8-10-19)14-11-16-5-6-17-14/h1-11H,(H,20,21). The smallest absolute Gasteiger partial charge is 0.337 e. The maximum Gasteiger partial charge on any atom is 0.337 e. The third-order valence-electron chi connectivity index (χ3n) is 3.24. The van der Waals surface area contributed by atoms with Gasteiger partial charge in [-0.25, -0.2) is 22.5 Å². The van der Waals surface area contributed by atoms with Crippen LogP contribution in [0.25, 0.3) is 0 Å². The van der Waals surface area contributed by atoms with Crippen LogP contribution in [0.4, 0.5) is 5.82 Å². The predicted molar refractivity (Wildman–Crippen MR) is 85.2 cm³/mol. The van der Waals surface area contributed by atoms with Gasteiger partial charge in [-0.3, -0.25) is 4.98 Å². The van der Waals surface area contributed by atoms with Gasteiger partial charge >= 0.3 is 5.97 Å². The summed E-state index contributed by atoms with van der Waals surface area (Å²) in [6.45, 7) is 0. The second-order valence-electron chi connectivity index (χ2n) is 4.70. The Morgan fingerprint density at radius 2 is 1.75 bits per heavy atom. The molecule has 0 radical (unpaired) electrons. The second kappa shape index (κ2) is 6.13. The van der Waals surface area contributed by atoms with Crippen molar-refractivity contribution in [1.82, 2.24) is 14.3 Å². The van der Waals surface area contributed by atoms with Crippen molar-refractivity contribution in [3.63, 3.8) is 0 Å². The van der Waals surface area contributed by atoms with Gasteiger partial charge in [-0.05, 0) is 12.1 Å². The van der Waals surface area contributed by atoms with Gasteiger partial charge in [0.25, 0.3) is 10.0 Å². The summed E-state index contributed by atoms with van der Waals surface area (Å²) in [5.74, 6) is -0.784. The van der Waals surface area contributed by atoms with Crippen LogP contribution < -0.4 is 4.90 Å². The number of hydrogen-bond acceptors (Lipinski definition) is 6. The van der Waals surface area contributed by atoms with Crippen molar-refractivity contribution >= 4 is 21.8 Å². The molecular weight excluding hydrogens is 332 g/mol. The van der Waals surface area contributed by atoms with E-state index in [1.807, 2.05) is 0 Å². The first-order valence-electron chi connectivity index (χ1n) is 6.77. The van der Waals surface area contributed by atoms with Gasteiger partial charge in [0.05, 0.1) is 11.8 Å². The molecule has 1 aromatic carbocycles. The molecule has 9 heteroatoms. The van der Waals surface area contributed by atoms with Crippen LogP contribution in [0.15, 0.2) is 72.6 Å². The van der Waals surface area contributed by atoms with Crippen LogP contribution in [0.2, 0.25) is 0 Å². The third kappa shape index (κ3) is 2.84. The number of benzene rings is 1. The minimum atomic E-state index is -4.03. The Labute approximate surface area is 138 Å². The number of aromatic carboxylic acids is 1. The van der Waals surface area contributed by atoms with E-state index in [0.717, 1.165) is 4.31 Å². The fourth-order valence-electron chi connectivity index (χ4n) is 2.09. The summed E-state index contributed by atoms with van der Waals surface area (Å²) in [6, 6.07) is 5.46. The molecule has 0 amide bonds. The number of carboxylic acids is 1. The summed E-state index contributed by atoms with van der Waals surface area (Å²) in [4.78, 5) is 20.6. The summed E-state index contributed by atoms with van der Waals surface area (Å²) < 4.78 is 26.3. The first-order chi connectivity index (χ1) is 11.5. The van der Waals surface area contributed by atoms with Crippen LogP contribution in [-0.4, -0.2) is 33.8 Å². The molecule has 24 heavy (non-hydrogen) atoms. The van der Waals surface area contributed by atoms with Gasteiger partial charge in [-0.2, -0.15) is 0 Å². The van der Waals surface area contributed by atoms with E-state index in [4.69, 9.17) is 0 Å². The summed E-state index contributed by atoms with van der Waals surface area (Å²) >= 11 is 0. The highest BCUT2D eigenvalue weighted by atomic mass is 32.2. The molecule has 8 nitrogen and oxygen atoms in total. The average molecular weight is 344 g/mol. The summed E-state index contributed by atoms with van der Waals surface area (Å²) in [6.07, 6.45) is 10.2. The Bertz CT molecular complexity index is 912. The minimum Gasteiger partial charge on any atom is -0.478 e. The van der Waals surface area contributed by atoms with Gasteiger partial charge in [0.2, 0.25) is 0 Å². The van der Waals surface area contributed by atoms with Crippen LogP contribution >= 0.6 is 0 Å². The molecule has 0 bridgehead atoms. The molecule has 1 aliphatic heterocycles. The van der Waals surface area contributed by atoms with Crippen molar-refractivity contribution in [2.45, 2.75) is 4.90 Å². The van der Waals surface area contributed by atoms with Crippen LogP contribution in [0.1, 0.15) is 10.4 Å². The highest BCUT2D eigenvalue weighted by Crippen LogP contribution is 2.23. The number of aromatic nitrogens is 2. The maximum atomic E-state index is 12.7. The van der Waals surface area contributed by atoms with E-state index in [1.54, 1.807) is 4.90 Å². The minimum absolute atomic E-state index is 0.278. The molecule has 0 fully saturated rings. The average Bonchev–Trinajstić information content (AvgIpc) is 2.62. The van der Waals surface area contributed by atoms with Crippen LogP contribution in [0, 0.1) is 0 Å². The van der Waals surface area contributed by atoms with Crippen molar-refractivity contribution in [3.8, 4) is 0 Å². The first kappa shape index (κ1) is 15.7. The molecule has 1 aromatic heterocycles. The molecule has 2 heterocycles. The van der Waals surface area contributed by atoms with E-state index in [9.17, 15) is 18.3 Å². The van der Waals surface area contributed by atoms with Gasteiger partial charge < -0.3 is 10.0 Å². The van der Waals surface area contributed by atoms with Crippen molar-refractivity contribution in [1.29, 1.82) is 0 Å². The van der Waals surface area contributed by atoms with Crippen molar-refractivity contribution < 1.29 is 18.3 Å². The van der Waals surface area contributed by atoms with E-state index in [0.29, 0.717) is 5.82 Å². The Kier molecular flexibility index (Phi) is 4.00. The lowest BCUT2D eigenvalue weighted by Crippen LogP contribution is -2.27. The van der Waals surface area contributed by atoms with E-state index in [2.05, 4.69) is 9.97 Å². The number of rotatable bonds is 4. The van der Waals surface area contributed by atoms with Gasteiger partial charge in [0.1, 0.15) is 4.90 Å². The molecule has 1 N–H and O–H groups in total. The molecule has 2 aromatic rings. The lowest BCUT2D eigenvalue weighted by Gasteiger charge is -2.24. The second-order valence-corrected chi connectivity index (χ2v) is 6.52. The molecule has 0 unspecified atom stereocenters. The van der Waals surface area contributed by atoms with Gasteiger partial charge in [-0.15, -0.1) is 0 Å². The highest BCUT2D eigenvalue weighted by Gasteiger charge is 2.27. The predicted octanol–water partition coefficient (Wildman–Crippen LogP) is 1.63. The number of sulfonamides is 1. The SMILES string of the molecule is O=C(O)c1ccccc1S(=O)(=O)N1C=CN(c2cnccn2)C=C1. The molecule has 1 aliphatic rings. The van der Waals surface area contributed by atoms with Crippen LogP contribution in [-0.2, 0) is 10.0 Å². The zero-order valence-electron chi connectivity index (χ0n) is 12.2. The van der Waals surface area contributed by atoms with Crippen LogP contribution in [0.3, 0.4) is 0 Å². The Morgan fingerprint density at radius 3 is 2.38 bits per heavy atom. The normalized spacial score (nSPS) is 14.0. The Morgan fingerprint density at radius 1 is 1.04 bits per heavy atom. The van der Waals surface area contributed by atoms with Crippen molar-refractivity contribution in [2.24, 2.45) is 0 Å². The number of anilines is 1. The molecule has 0 atom stereocenters. The zero-order valence-corrected chi connectivity index (χ0v) is 13.0. The number of carboxylic acid groups (broad SMARTS) is 1. The highest BCUT2D eigenvalue weighted by molar-refractivity contribution is 7.89. The Balaban J connectivity index is 1.91. The van der Waals surface area contributed by atoms with E-state index in [-0.39, 0.29) is 10.5 Å². The van der Waals surface area contributed by atoms with E-state index < -0.39 is 16.0 Å². The largest absolute Gasteiger partial charge is 0.478 e. The molecular formula is C15H12N4O4S. The zero-order chi connectivity index (χ0) is 17.2. The monoisotopic (exact) mass is 344 g/mol. The lowest BCUT2D eigenvalue weighted by atomic mass is 10.2. The van der Waals surface area contributed by atoms with E-state index in [1.165, 1.54) is 67.7 Å². The third-order valence-corrected chi connectivity index (χ3v) is 4.95. The molecule has 3 rings (SSSR count). The summed E-state index contributed by atoms with van der Waals surface area (Å²) in [5.41, 5.74) is -0.282. The molecule has 0 aliphatic carbocycles. The van der Waals surface area contributed by atoms with E-state index >= 15 is 0 Å². The fraction of sp³-hybridized carbons (Fsp3) is 0. The maximum absolute atomic E-state index is 12.7.